The van der Waals surface area contributed by atoms with Crippen LogP contribution < -0.4 is 25.6 Å². The average molecular weight is 584 g/mol. The first-order valence-corrected chi connectivity index (χ1v) is 15.2. The van der Waals surface area contributed by atoms with Crippen molar-refractivity contribution in [2.75, 3.05) is 16.8 Å². The van der Waals surface area contributed by atoms with E-state index in [2.05, 4.69) is 20.9 Å². The Balaban J connectivity index is 1.19. The largest absolute Gasteiger partial charge is 0.457 e. The zero-order chi connectivity index (χ0) is 29.2. The Morgan fingerprint density at radius 2 is 1.83 bits per heavy atom. The van der Waals surface area contributed by atoms with E-state index in [1.54, 1.807) is 11.1 Å². The minimum atomic E-state index is -0.338. The van der Waals surface area contributed by atoms with E-state index < -0.39 is 0 Å². The van der Waals surface area contributed by atoms with Crippen LogP contribution in [0.4, 0.5) is 21.9 Å². The zero-order valence-electron chi connectivity index (χ0n) is 23.6. The molecule has 0 atom stereocenters. The number of benzene rings is 2. The molecule has 4 aromatic rings. The number of anilines is 3. The second-order valence-electron chi connectivity index (χ2n) is 10.8. The van der Waals surface area contributed by atoms with Crippen LogP contribution in [0.1, 0.15) is 54.3 Å². The van der Waals surface area contributed by atoms with Crippen LogP contribution in [0.2, 0.25) is 0 Å². The van der Waals surface area contributed by atoms with Crippen molar-refractivity contribution < 1.29 is 19.1 Å². The van der Waals surface area contributed by atoms with Gasteiger partial charge in [0, 0.05) is 25.2 Å². The van der Waals surface area contributed by atoms with E-state index in [1.807, 2.05) is 68.4 Å². The number of thiophene rings is 1. The summed E-state index contributed by atoms with van der Waals surface area (Å²) in [5, 5.41) is 9.89. The van der Waals surface area contributed by atoms with Crippen LogP contribution in [0.3, 0.4) is 0 Å². The van der Waals surface area contributed by atoms with Crippen LogP contribution in [0.15, 0.2) is 60.8 Å². The number of hydrogen-bond donors (Lipinski definition) is 3. The molecular weight excluding hydrogens is 550 g/mol. The lowest BCUT2D eigenvalue weighted by atomic mass is 9.86. The highest BCUT2D eigenvalue weighted by atomic mass is 32.1. The first-order chi connectivity index (χ1) is 20.4. The summed E-state index contributed by atoms with van der Waals surface area (Å²) >= 11 is 1.28. The molecule has 4 amide bonds. The summed E-state index contributed by atoms with van der Waals surface area (Å²) in [4.78, 5) is 45.9. The molecule has 0 radical (unpaired) electrons. The van der Waals surface area contributed by atoms with Gasteiger partial charge < -0.3 is 20.7 Å². The van der Waals surface area contributed by atoms with Crippen LogP contribution in [0.5, 0.6) is 11.5 Å². The van der Waals surface area contributed by atoms with Gasteiger partial charge in [-0.25, -0.2) is 9.78 Å². The first-order valence-electron chi connectivity index (χ1n) is 14.3. The van der Waals surface area contributed by atoms with Crippen LogP contribution >= 0.6 is 11.3 Å². The molecule has 1 aliphatic heterocycles. The number of amides is 4. The molecule has 0 saturated heterocycles. The Hall–Kier alpha value is -4.44. The number of ether oxygens (including phenoxy) is 1. The molecule has 1 aliphatic carbocycles. The third-order valence-corrected chi connectivity index (χ3v) is 9.02. The number of carbonyl (C=O) groups is 3. The van der Waals surface area contributed by atoms with Crippen LogP contribution in [0, 0.1) is 12.8 Å². The molecule has 216 valence electrons. The Labute approximate surface area is 248 Å². The van der Waals surface area contributed by atoms with Crippen molar-refractivity contribution in [3.8, 4) is 11.5 Å². The molecular formula is C32H33N5O4S. The Kier molecular flexibility index (Phi) is 7.80. The summed E-state index contributed by atoms with van der Waals surface area (Å²) in [6.45, 7) is 4.35. The Bertz CT molecular complexity index is 1650. The van der Waals surface area contributed by atoms with Gasteiger partial charge in [0.1, 0.15) is 21.2 Å². The number of para-hydroxylation sites is 1. The third-order valence-electron chi connectivity index (χ3n) is 7.92. The monoisotopic (exact) mass is 583 g/mol. The highest BCUT2D eigenvalue weighted by molar-refractivity contribution is 7.21. The minimum absolute atomic E-state index is 0.0864. The van der Waals surface area contributed by atoms with Gasteiger partial charge in [0.25, 0.3) is 5.91 Å². The fraction of sp³-hybridized carbons (Fsp3) is 0.312. The first kappa shape index (κ1) is 27.7. The minimum Gasteiger partial charge on any atom is -0.457 e. The highest BCUT2D eigenvalue weighted by Gasteiger charge is 2.33. The van der Waals surface area contributed by atoms with E-state index in [1.165, 1.54) is 11.3 Å². The molecule has 2 aromatic carbocycles. The SMILES string of the molecule is CCC(=O)NC1CCC(CNC(=O)c2sc3nccc4c3c2NC(=O)N4c2ccc(Oc3ccccc3)cc2C)CC1. The number of aryl methyl sites for hydroxylation is 1. The fourth-order valence-corrected chi connectivity index (χ4v) is 6.74. The lowest BCUT2D eigenvalue weighted by Crippen LogP contribution is -2.39. The third kappa shape index (κ3) is 5.54. The number of urea groups is 1. The molecule has 1 saturated carbocycles. The highest BCUT2D eigenvalue weighted by Crippen LogP contribution is 2.46. The summed E-state index contributed by atoms with van der Waals surface area (Å²) in [6, 6.07) is 16.8. The molecule has 42 heavy (non-hydrogen) atoms. The molecule has 2 aromatic heterocycles. The molecule has 9 nitrogen and oxygen atoms in total. The van der Waals surface area contributed by atoms with E-state index >= 15 is 0 Å². The van der Waals surface area contributed by atoms with E-state index in [4.69, 9.17) is 4.74 Å². The molecule has 0 bridgehead atoms. The maximum absolute atomic E-state index is 13.5. The van der Waals surface area contributed by atoms with Gasteiger partial charge in [-0.1, -0.05) is 25.1 Å². The summed E-state index contributed by atoms with van der Waals surface area (Å²) in [7, 11) is 0. The molecule has 10 heteroatoms. The van der Waals surface area contributed by atoms with Crippen molar-refractivity contribution >= 4 is 56.5 Å². The van der Waals surface area contributed by atoms with Crippen LogP contribution in [-0.4, -0.2) is 35.4 Å². The van der Waals surface area contributed by atoms with Crippen LogP contribution in [-0.2, 0) is 4.79 Å². The van der Waals surface area contributed by atoms with Crippen molar-refractivity contribution in [3.05, 3.63) is 71.2 Å². The number of aromatic nitrogens is 1. The summed E-state index contributed by atoms with van der Waals surface area (Å²) in [5.41, 5.74) is 2.77. The Morgan fingerprint density at radius 1 is 1.05 bits per heavy atom. The van der Waals surface area contributed by atoms with Gasteiger partial charge in [-0.3, -0.25) is 14.5 Å². The quantitative estimate of drug-likeness (QED) is 0.209. The topological polar surface area (TPSA) is 113 Å². The summed E-state index contributed by atoms with van der Waals surface area (Å²) in [6.07, 6.45) is 5.88. The van der Waals surface area contributed by atoms with Gasteiger partial charge in [0.05, 0.1) is 22.4 Å². The maximum Gasteiger partial charge on any atom is 0.331 e. The molecule has 1 fully saturated rings. The van der Waals surface area contributed by atoms with Gasteiger partial charge in [-0.2, -0.15) is 0 Å². The maximum atomic E-state index is 13.5. The number of nitrogens with zero attached hydrogens (tertiary/aromatic N) is 2. The number of rotatable bonds is 8. The summed E-state index contributed by atoms with van der Waals surface area (Å²) in [5.74, 6) is 1.63. The molecule has 2 aliphatic rings. The van der Waals surface area contributed by atoms with Crippen LogP contribution in [0.25, 0.3) is 10.2 Å². The Morgan fingerprint density at radius 3 is 2.57 bits per heavy atom. The van der Waals surface area contributed by atoms with Gasteiger partial charge in [0.15, 0.2) is 0 Å². The van der Waals surface area contributed by atoms with Gasteiger partial charge in [-0.05, 0) is 80.5 Å². The average Bonchev–Trinajstić information content (AvgIpc) is 3.37. The lowest BCUT2D eigenvalue weighted by Gasteiger charge is -2.30. The lowest BCUT2D eigenvalue weighted by molar-refractivity contribution is -0.121. The molecule has 0 unspecified atom stereocenters. The molecule has 3 N–H and O–H groups in total. The predicted molar refractivity (Wildman–Crippen MR) is 165 cm³/mol. The van der Waals surface area contributed by atoms with E-state index in [0.29, 0.717) is 51.4 Å². The number of nitrogens with one attached hydrogen (secondary N) is 3. The second-order valence-corrected chi connectivity index (χ2v) is 11.8. The number of carbonyl (C=O) groups excluding carboxylic acids is 3. The number of hydrogen-bond acceptors (Lipinski definition) is 6. The molecule has 6 rings (SSSR count). The van der Waals surface area contributed by atoms with Gasteiger partial charge >= 0.3 is 6.03 Å². The van der Waals surface area contributed by atoms with Crippen molar-refractivity contribution in [2.24, 2.45) is 5.92 Å². The summed E-state index contributed by atoms with van der Waals surface area (Å²) < 4.78 is 5.98. The smallest absolute Gasteiger partial charge is 0.331 e. The second kappa shape index (κ2) is 11.8. The van der Waals surface area contributed by atoms with E-state index in [-0.39, 0.29) is 23.9 Å². The van der Waals surface area contributed by atoms with E-state index in [0.717, 1.165) is 42.4 Å². The van der Waals surface area contributed by atoms with Crippen molar-refractivity contribution in [3.63, 3.8) is 0 Å². The van der Waals surface area contributed by atoms with Crippen molar-refractivity contribution in [1.29, 1.82) is 0 Å². The predicted octanol–water partition coefficient (Wildman–Crippen LogP) is 6.90. The number of pyridine rings is 1. The molecule has 3 heterocycles. The van der Waals surface area contributed by atoms with E-state index in [9.17, 15) is 14.4 Å². The van der Waals surface area contributed by atoms with Gasteiger partial charge in [0.2, 0.25) is 5.91 Å². The normalized spacial score (nSPS) is 18.0. The zero-order valence-corrected chi connectivity index (χ0v) is 24.4. The fourth-order valence-electron chi connectivity index (χ4n) is 5.71. The van der Waals surface area contributed by atoms with Gasteiger partial charge in [-0.15, -0.1) is 11.3 Å². The molecule has 0 spiro atoms. The standard InChI is InChI=1S/C32H33N5O4S/c1-3-26(38)35-21-11-9-20(10-12-21)18-34-30(39)29-28-27-25(15-16-33-31(27)42-29)37(32(40)36-28)24-14-13-23(17-19(24)2)41-22-7-5-4-6-8-22/h4-8,13-17,20-21H,3,9-12,18H2,1-2H3,(H,34,39)(H,35,38)(H,36,40). The van der Waals surface area contributed by atoms with Crippen molar-refractivity contribution in [2.45, 2.75) is 52.0 Å². The van der Waals surface area contributed by atoms with Crippen molar-refractivity contribution in [1.82, 2.24) is 15.6 Å².